The van der Waals surface area contributed by atoms with Crippen molar-refractivity contribution in [2.24, 2.45) is 0 Å². The minimum absolute atomic E-state index is 0.0246. The Bertz CT molecular complexity index is 1440. The number of imide groups is 1. The van der Waals surface area contributed by atoms with E-state index in [9.17, 15) is 14.9 Å². The van der Waals surface area contributed by atoms with E-state index < -0.39 is 11.8 Å². The predicted molar refractivity (Wildman–Crippen MR) is 138 cm³/mol. The van der Waals surface area contributed by atoms with Crippen LogP contribution in [-0.4, -0.2) is 39.1 Å². The van der Waals surface area contributed by atoms with Crippen molar-refractivity contribution >= 4 is 17.9 Å². The second-order valence-electron chi connectivity index (χ2n) is 8.87. The van der Waals surface area contributed by atoms with Gasteiger partial charge in [0.15, 0.2) is 0 Å². The highest BCUT2D eigenvalue weighted by Crippen LogP contribution is 2.33. The summed E-state index contributed by atoms with van der Waals surface area (Å²) in [4.78, 5) is 27.3. The molecule has 7 nitrogen and oxygen atoms in total. The number of ether oxygens (including phenoxy) is 1. The maximum absolute atomic E-state index is 13.4. The Hall–Kier alpha value is -4.44. The fraction of sp³-hybridized carbons (Fsp3) is 0.241. The summed E-state index contributed by atoms with van der Waals surface area (Å²) < 4.78 is 7.45. The SMILES string of the molecule is CCOc1ccc(-c2nn(-c3ccccc3)cc2/C=C2/C(=O)N(C(C)C)C(=O)C(C#N)=C2C)cc1C. The van der Waals surface area contributed by atoms with E-state index in [2.05, 4.69) is 0 Å². The monoisotopic (exact) mass is 480 g/mol. The number of carbonyl (C=O) groups is 2. The first-order chi connectivity index (χ1) is 17.3. The van der Waals surface area contributed by atoms with Crippen molar-refractivity contribution in [2.75, 3.05) is 6.61 Å². The number of aromatic nitrogens is 2. The van der Waals surface area contributed by atoms with Crippen molar-refractivity contribution in [3.63, 3.8) is 0 Å². The van der Waals surface area contributed by atoms with Crippen molar-refractivity contribution in [2.45, 2.75) is 40.7 Å². The molecule has 0 unspecified atom stereocenters. The van der Waals surface area contributed by atoms with Crippen LogP contribution in [0.5, 0.6) is 5.75 Å². The summed E-state index contributed by atoms with van der Waals surface area (Å²) in [6.07, 6.45) is 3.58. The second kappa shape index (κ2) is 10.0. The Morgan fingerprint density at radius 2 is 1.81 bits per heavy atom. The Morgan fingerprint density at radius 3 is 2.42 bits per heavy atom. The minimum atomic E-state index is -0.561. The Morgan fingerprint density at radius 1 is 1.08 bits per heavy atom. The van der Waals surface area contributed by atoms with Gasteiger partial charge in [0.2, 0.25) is 0 Å². The average molecular weight is 481 g/mol. The van der Waals surface area contributed by atoms with Crippen molar-refractivity contribution in [1.29, 1.82) is 5.26 Å². The summed E-state index contributed by atoms with van der Waals surface area (Å²) in [6.45, 7) is 9.64. The highest BCUT2D eigenvalue weighted by molar-refractivity contribution is 6.20. The van der Waals surface area contributed by atoms with Crippen LogP contribution in [-0.2, 0) is 9.59 Å². The molecule has 0 bridgehead atoms. The summed E-state index contributed by atoms with van der Waals surface area (Å²) >= 11 is 0. The van der Waals surface area contributed by atoms with Gasteiger partial charge in [0.05, 0.1) is 18.0 Å². The van der Waals surface area contributed by atoms with E-state index in [0.29, 0.717) is 29.0 Å². The summed E-state index contributed by atoms with van der Waals surface area (Å²) in [5, 5.41) is 14.5. The number of hydrogen-bond acceptors (Lipinski definition) is 5. The van der Waals surface area contributed by atoms with Crippen LogP contribution in [0.1, 0.15) is 38.8 Å². The molecule has 1 aliphatic rings. The van der Waals surface area contributed by atoms with Gasteiger partial charge in [0.25, 0.3) is 11.8 Å². The number of para-hydroxylation sites is 1. The molecule has 0 saturated carbocycles. The fourth-order valence-electron chi connectivity index (χ4n) is 4.27. The lowest BCUT2D eigenvalue weighted by Crippen LogP contribution is -2.46. The Labute approximate surface area is 210 Å². The summed E-state index contributed by atoms with van der Waals surface area (Å²) in [7, 11) is 0. The lowest BCUT2D eigenvalue weighted by atomic mass is 9.92. The van der Waals surface area contributed by atoms with Crippen LogP contribution in [0.3, 0.4) is 0 Å². The van der Waals surface area contributed by atoms with Crippen molar-refractivity contribution in [1.82, 2.24) is 14.7 Å². The van der Waals surface area contributed by atoms with Gasteiger partial charge in [-0.05, 0) is 82.2 Å². The van der Waals surface area contributed by atoms with Gasteiger partial charge in [-0.2, -0.15) is 10.4 Å². The standard InChI is InChI=1S/C29H28N4O3/c1-6-36-26-13-12-21(14-19(26)4)27-22(17-32(31-27)23-10-8-7-9-11-23)15-24-20(5)25(16-30)29(35)33(18(2)3)28(24)34/h7-15,17-18H,6H2,1-5H3/b24-15+. The molecule has 0 N–H and O–H groups in total. The predicted octanol–water partition coefficient (Wildman–Crippen LogP) is 5.25. The largest absolute Gasteiger partial charge is 0.494 e. The topological polar surface area (TPSA) is 88.2 Å². The van der Waals surface area contributed by atoms with Gasteiger partial charge < -0.3 is 4.74 Å². The number of carbonyl (C=O) groups excluding carboxylic acids is 2. The molecule has 0 saturated heterocycles. The number of nitriles is 1. The summed E-state index contributed by atoms with van der Waals surface area (Å²) in [6, 6.07) is 17.1. The number of nitrogens with zero attached hydrogens (tertiary/aromatic N) is 4. The number of benzene rings is 2. The van der Waals surface area contributed by atoms with Crippen molar-refractivity contribution in [3.8, 4) is 28.8 Å². The molecule has 36 heavy (non-hydrogen) atoms. The third kappa shape index (κ3) is 4.46. The molecule has 1 aromatic heterocycles. The number of hydrogen-bond donors (Lipinski definition) is 0. The van der Waals surface area contributed by atoms with Crippen LogP contribution in [0.2, 0.25) is 0 Å². The van der Waals surface area contributed by atoms with Gasteiger partial charge in [-0.3, -0.25) is 14.5 Å². The maximum Gasteiger partial charge on any atom is 0.271 e. The van der Waals surface area contributed by atoms with Gasteiger partial charge in [0.1, 0.15) is 17.4 Å². The quantitative estimate of drug-likeness (QED) is 0.355. The molecule has 3 aromatic rings. The molecular weight excluding hydrogens is 452 g/mol. The first-order valence-corrected chi connectivity index (χ1v) is 11.9. The second-order valence-corrected chi connectivity index (χ2v) is 8.87. The van der Waals surface area contributed by atoms with Crippen LogP contribution >= 0.6 is 0 Å². The van der Waals surface area contributed by atoms with Gasteiger partial charge in [-0.25, -0.2) is 4.68 Å². The third-order valence-electron chi connectivity index (χ3n) is 6.10. The first kappa shape index (κ1) is 24.7. The van der Waals surface area contributed by atoms with Crippen LogP contribution in [0.15, 0.2) is 71.4 Å². The zero-order valence-corrected chi connectivity index (χ0v) is 21.1. The molecular formula is C29H28N4O3. The third-order valence-corrected chi connectivity index (χ3v) is 6.10. The first-order valence-electron chi connectivity index (χ1n) is 11.9. The average Bonchev–Trinajstić information content (AvgIpc) is 3.28. The van der Waals surface area contributed by atoms with Crippen LogP contribution in [0, 0.1) is 18.3 Å². The highest BCUT2D eigenvalue weighted by Gasteiger charge is 2.37. The van der Waals surface area contributed by atoms with Gasteiger partial charge in [0, 0.05) is 28.9 Å². The van der Waals surface area contributed by atoms with Crippen LogP contribution in [0.4, 0.5) is 0 Å². The zero-order valence-electron chi connectivity index (χ0n) is 21.1. The molecule has 2 aromatic carbocycles. The molecule has 1 aliphatic heterocycles. The molecule has 2 amide bonds. The van der Waals surface area contributed by atoms with E-state index in [1.807, 2.05) is 74.6 Å². The van der Waals surface area contributed by atoms with Crippen molar-refractivity contribution < 1.29 is 14.3 Å². The lowest BCUT2D eigenvalue weighted by Gasteiger charge is -2.30. The van der Waals surface area contributed by atoms with E-state index in [1.165, 1.54) is 0 Å². The molecule has 7 heteroatoms. The summed E-state index contributed by atoms with van der Waals surface area (Å²) in [5.74, 6) is -0.183. The zero-order chi connectivity index (χ0) is 26.0. The number of aryl methyl sites for hydroxylation is 1. The maximum atomic E-state index is 13.4. The van der Waals surface area contributed by atoms with Crippen LogP contribution < -0.4 is 4.74 Å². The van der Waals surface area contributed by atoms with Crippen LogP contribution in [0.25, 0.3) is 23.0 Å². The fourth-order valence-corrected chi connectivity index (χ4v) is 4.27. The minimum Gasteiger partial charge on any atom is -0.494 e. The number of amides is 2. The molecule has 0 atom stereocenters. The molecule has 182 valence electrons. The molecule has 2 heterocycles. The van der Waals surface area contributed by atoms with Gasteiger partial charge in [-0.1, -0.05) is 18.2 Å². The molecule has 0 spiro atoms. The van der Waals surface area contributed by atoms with E-state index in [0.717, 1.165) is 27.5 Å². The molecule has 0 radical (unpaired) electrons. The normalized spacial score (nSPS) is 15.1. The number of rotatable bonds is 6. The van der Waals surface area contributed by atoms with Crippen molar-refractivity contribution in [3.05, 3.63) is 82.6 Å². The molecule has 0 fully saturated rings. The molecule has 0 aliphatic carbocycles. The lowest BCUT2D eigenvalue weighted by molar-refractivity contribution is -0.142. The van der Waals surface area contributed by atoms with E-state index in [1.54, 1.807) is 31.5 Å². The Kier molecular flexibility index (Phi) is 6.89. The highest BCUT2D eigenvalue weighted by atomic mass is 16.5. The smallest absolute Gasteiger partial charge is 0.271 e. The summed E-state index contributed by atoms with van der Waals surface area (Å²) in [5.41, 5.74) is 4.70. The van der Waals surface area contributed by atoms with E-state index in [-0.39, 0.29) is 11.6 Å². The van der Waals surface area contributed by atoms with Gasteiger partial charge >= 0.3 is 0 Å². The van der Waals surface area contributed by atoms with Gasteiger partial charge in [-0.15, -0.1) is 0 Å². The van der Waals surface area contributed by atoms with E-state index >= 15 is 0 Å². The van der Waals surface area contributed by atoms with E-state index in [4.69, 9.17) is 9.84 Å². The Balaban J connectivity index is 1.93. The molecule has 4 rings (SSSR count).